The Kier molecular flexibility index (Phi) is 2.88. The molecule has 2 fully saturated rings. The molecule has 0 aromatic carbocycles. The molecule has 7 heteroatoms. The molecule has 0 radical (unpaired) electrons. The van der Waals surface area contributed by atoms with E-state index in [1.54, 1.807) is 13.0 Å². The molecule has 2 aliphatic heterocycles. The summed E-state index contributed by atoms with van der Waals surface area (Å²) in [6.45, 7) is 4.16. The molecule has 1 aromatic heterocycles. The van der Waals surface area contributed by atoms with Crippen molar-refractivity contribution in [2.75, 3.05) is 24.5 Å². The molecule has 104 valence electrons. The van der Waals surface area contributed by atoms with Gasteiger partial charge in [0.15, 0.2) is 0 Å². The SMILES string of the molecule is Cc1cc(N2CC3CCNCC32)nc(C(F)(F)F)n1. The molecular formula is C12H15F3N4. The maximum absolute atomic E-state index is 12.7. The van der Waals surface area contributed by atoms with E-state index in [1.807, 2.05) is 4.90 Å². The van der Waals surface area contributed by atoms with Gasteiger partial charge in [0.25, 0.3) is 0 Å². The van der Waals surface area contributed by atoms with Crippen LogP contribution in [0.5, 0.6) is 0 Å². The van der Waals surface area contributed by atoms with Crippen LogP contribution in [0.2, 0.25) is 0 Å². The van der Waals surface area contributed by atoms with Crippen LogP contribution in [-0.2, 0) is 6.18 Å². The molecule has 0 bridgehead atoms. The lowest BCUT2D eigenvalue weighted by Gasteiger charge is -2.51. The van der Waals surface area contributed by atoms with E-state index < -0.39 is 12.0 Å². The number of hydrogen-bond donors (Lipinski definition) is 1. The van der Waals surface area contributed by atoms with Crippen LogP contribution in [0.3, 0.4) is 0 Å². The predicted molar refractivity (Wildman–Crippen MR) is 63.9 cm³/mol. The third-order valence-corrected chi connectivity index (χ3v) is 3.81. The summed E-state index contributed by atoms with van der Waals surface area (Å²) in [5.74, 6) is -0.0784. The number of fused-ring (bicyclic) bond motifs is 1. The Morgan fingerprint density at radius 1 is 1.37 bits per heavy atom. The number of aromatic nitrogens is 2. The van der Waals surface area contributed by atoms with Crippen LogP contribution in [0, 0.1) is 12.8 Å². The Hall–Kier alpha value is -1.37. The second-order valence-electron chi connectivity index (χ2n) is 5.16. The molecule has 0 amide bonds. The number of piperidine rings is 1. The highest BCUT2D eigenvalue weighted by molar-refractivity contribution is 5.45. The summed E-state index contributed by atoms with van der Waals surface area (Å²) in [5.41, 5.74) is 0.351. The van der Waals surface area contributed by atoms with E-state index in [0.29, 0.717) is 17.4 Å². The van der Waals surface area contributed by atoms with Crippen molar-refractivity contribution in [3.63, 3.8) is 0 Å². The first-order valence-corrected chi connectivity index (χ1v) is 6.35. The van der Waals surface area contributed by atoms with Crippen LogP contribution >= 0.6 is 0 Å². The Balaban J connectivity index is 1.87. The van der Waals surface area contributed by atoms with Gasteiger partial charge in [-0.1, -0.05) is 0 Å². The zero-order valence-electron chi connectivity index (χ0n) is 10.5. The molecule has 2 unspecified atom stereocenters. The van der Waals surface area contributed by atoms with Crippen molar-refractivity contribution in [2.45, 2.75) is 25.6 Å². The minimum atomic E-state index is -4.49. The van der Waals surface area contributed by atoms with Crippen molar-refractivity contribution in [3.05, 3.63) is 17.6 Å². The van der Waals surface area contributed by atoms with Gasteiger partial charge in [0.1, 0.15) is 5.82 Å². The fraction of sp³-hybridized carbons (Fsp3) is 0.667. The predicted octanol–water partition coefficient (Wildman–Crippen LogP) is 1.60. The number of anilines is 1. The third kappa shape index (κ3) is 2.27. The van der Waals surface area contributed by atoms with E-state index in [1.165, 1.54) is 0 Å². The van der Waals surface area contributed by atoms with Crippen molar-refractivity contribution < 1.29 is 13.2 Å². The summed E-state index contributed by atoms with van der Waals surface area (Å²) >= 11 is 0. The van der Waals surface area contributed by atoms with Crippen molar-refractivity contribution in [1.82, 2.24) is 15.3 Å². The summed E-state index contributed by atoms with van der Waals surface area (Å²) in [6, 6.07) is 1.89. The lowest BCUT2D eigenvalue weighted by Crippen LogP contribution is -2.64. The molecule has 19 heavy (non-hydrogen) atoms. The van der Waals surface area contributed by atoms with E-state index in [9.17, 15) is 13.2 Å². The van der Waals surface area contributed by atoms with Gasteiger partial charge in [-0.2, -0.15) is 13.2 Å². The second-order valence-corrected chi connectivity index (χ2v) is 5.16. The third-order valence-electron chi connectivity index (χ3n) is 3.81. The fourth-order valence-electron chi connectivity index (χ4n) is 2.81. The van der Waals surface area contributed by atoms with Crippen LogP contribution in [0.15, 0.2) is 6.07 Å². The van der Waals surface area contributed by atoms with E-state index in [2.05, 4.69) is 15.3 Å². The number of hydrogen-bond acceptors (Lipinski definition) is 4. The molecule has 0 saturated carbocycles. The van der Waals surface area contributed by atoms with Gasteiger partial charge in [-0.05, 0) is 25.8 Å². The highest BCUT2D eigenvalue weighted by Gasteiger charge is 2.42. The molecule has 3 rings (SSSR count). The van der Waals surface area contributed by atoms with Gasteiger partial charge in [0.05, 0.1) is 0 Å². The Bertz CT molecular complexity index is 488. The molecule has 2 atom stereocenters. The van der Waals surface area contributed by atoms with E-state index in [0.717, 1.165) is 26.1 Å². The van der Waals surface area contributed by atoms with Gasteiger partial charge in [0.2, 0.25) is 5.82 Å². The summed E-state index contributed by atoms with van der Waals surface area (Å²) in [5, 5.41) is 3.27. The maximum Gasteiger partial charge on any atom is 0.451 e. The fourth-order valence-corrected chi connectivity index (χ4v) is 2.81. The topological polar surface area (TPSA) is 41.0 Å². The molecule has 1 aromatic rings. The van der Waals surface area contributed by atoms with Crippen LogP contribution in [0.25, 0.3) is 0 Å². The molecular weight excluding hydrogens is 257 g/mol. The summed E-state index contributed by atoms with van der Waals surface area (Å²) in [7, 11) is 0. The first kappa shape index (κ1) is 12.7. The monoisotopic (exact) mass is 272 g/mol. The lowest BCUT2D eigenvalue weighted by molar-refractivity contribution is -0.145. The van der Waals surface area contributed by atoms with Crippen LogP contribution in [-0.4, -0.2) is 35.6 Å². The zero-order valence-corrected chi connectivity index (χ0v) is 10.5. The highest BCUT2D eigenvalue weighted by Crippen LogP contribution is 2.35. The lowest BCUT2D eigenvalue weighted by atomic mass is 9.83. The first-order valence-electron chi connectivity index (χ1n) is 6.35. The second kappa shape index (κ2) is 4.33. The maximum atomic E-state index is 12.7. The van der Waals surface area contributed by atoms with Crippen molar-refractivity contribution >= 4 is 5.82 Å². The van der Waals surface area contributed by atoms with Gasteiger partial charge < -0.3 is 10.2 Å². The molecule has 3 heterocycles. The molecule has 1 N–H and O–H groups in total. The Morgan fingerprint density at radius 2 is 2.16 bits per heavy atom. The van der Waals surface area contributed by atoms with Gasteiger partial charge in [0, 0.05) is 30.9 Å². The number of rotatable bonds is 1. The standard InChI is InChI=1S/C12H15F3N4/c1-7-4-10(18-11(17-7)12(13,14)15)19-6-8-2-3-16-5-9(8)19/h4,8-9,16H,2-3,5-6H2,1H3. The van der Waals surface area contributed by atoms with Crippen LogP contribution < -0.4 is 10.2 Å². The molecule has 0 aliphatic carbocycles. The van der Waals surface area contributed by atoms with Crippen molar-refractivity contribution in [3.8, 4) is 0 Å². The number of nitrogens with one attached hydrogen (secondary N) is 1. The summed E-state index contributed by atoms with van der Waals surface area (Å²) in [4.78, 5) is 9.10. The largest absolute Gasteiger partial charge is 0.451 e. The number of aryl methyl sites for hydroxylation is 1. The van der Waals surface area contributed by atoms with Gasteiger partial charge in [-0.15, -0.1) is 0 Å². The number of nitrogens with zero attached hydrogens (tertiary/aromatic N) is 3. The van der Waals surface area contributed by atoms with E-state index in [-0.39, 0.29) is 6.04 Å². The minimum absolute atomic E-state index is 0.268. The number of halogens is 3. The van der Waals surface area contributed by atoms with Gasteiger partial charge in [-0.3, -0.25) is 0 Å². The summed E-state index contributed by atoms with van der Waals surface area (Å²) in [6.07, 6.45) is -3.41. The first-order chi connectivity index (χ1) is 8.95. The van der Waals surface area contributed by atoms with Crippen molar-refractivity contribution in [2.24, 2.45) is 5.92 Å². The normalized spacial score (nSPS) is 26.8. The average molecular weight is 272 g/mol. The van der Waals surface area contributed by atoms with Gasteiger partial charge in [-0.25, -0.2) is 9.97 Å². The van der Waals surface area contributed by atoms with Crippen LogP contribution in [0.4, 0.5) is 19.0 Å². The summed E-state index contributed by atoms with van der Waals surface area (Å²) < 4.78 is 38.1. The van der Waals surface area contributed by atoms with E-state index >= 15 is 0 Å². The van der Waals surface area contributed by atoms with E-state index in [4.69, 9.17) is 0 Å². The molecule has 4 nitrogen and oxygen atoms in total. The molecule has 2 saturated heterocycles. The molecule has 0 spiro atoms. The average Bonchev–Trinajstić information content (AvgIpc) is 2.29. The smallest absolute Gasteiger partial charge is 0.352 e. The Morgan fingerprint density at radius 3 is 2.84 bits per heavy atom. The van der Waals surface area contributed by atoms with Crippen LogP contribution in [0.1, 0.15) is 17.9 Å². The quantitative estimate of drug-likeness (QED) is 0.843. The van der Waals surface area contributed by atoms with Crippen molar-refractivity contribution in [1.29, 1.82) is 0 Å². The van der Waals surface area contributed by atoms with Gasteiger partial charge >= 0.3 is 6.18 Å². The number of alkyl halides is 3. The minimum Gasteiger partial charge on any atom is -0.352 e. The zero-order chi connectivity index (χ0) is 13.6. The molecule has 2 aliphatic rings. The Labute approximate surface area is 109 Å². The highest BCUT2D eigenvalue weighted by atomic mass is 19.4.